The molecule has 9 heteroatoms. The minimum Gasteiger partial charge on any atom is -0.507 e. The highest BCUT2D eigenvalue weighted by atomic mass is 16.3. The highest BCUT2D eigenvalue weighted by molar-refractivity contribution is 6.25. The largest absolute Gasteiger partial charge is 0.507 e. The number of aromatic hydroxyl groups is 1. The number of phenolic OH excluding ortho intramolecular Hbond substituents is 1. The lowest BCUT2D eigenvalue weighted by molar-refractivity contribution is -0.190. The third-order valence-corrected chi connectivity index (χ3v) is 9.35. The zero-order valence-electron chi connectivity index (χ0n) is 24.5. The van der Waals surface area contributed by atoms with Gasteiger partial charge in [0, 0.05) is 12.0 Å². The van der Waals surface area contributed by atoms with Crippen LogP contribution in [0, 0.1) is 29.1 Å². The van der Waals surface area contributed by atoms with E-state index in [1.54, 1.807) is 19.0 Å². The molecule has 3 aliphatic carbocycles. The predicted octanol–water partition coefficient (Wildman–Crippen LogP) is 1.98. The zero-order valence-corrected chi connectivity index (χ0v) is 24.5. The number of ketones is 3. The number of nitrogens with two attached hydrogens (primary N) is 1. The Morgan fingerprint density at radius 3 is 2.33 bits per heavy atom. The van der Waals surface area contributed by atoms with Gasteiger partial charge in [0.2, 0.25) is 5.91 Å². The number of Topliss-reactive ketones (excluding diaryl/α,β-unsaturated/α-hetero) is 3. The van der Waals surface area contributed by atoms with E-state index in [4.69, 9.17) is 5.73 Å². The smallest absolute Gasteiger partial charge is 0.230 e. The van der Waals surface area contributed by atoms with Gasteiger partial charge in [0.15, 0.2) is 23.0 Å². The van der Waals surface area contributed by atoms with E-state index in [-0.39, 0.29) is 23.1 Å². The molecule has 0 spiro atoms. The molecule has 4 rings (SSSR count). The Bertz CT molecular complexity index is 1230. The number of primary amides is 1. The van der Waals surface area contributed by atoms with Gasteiger partial charge in [-0.25, -0.2) is 0 Å². The van der Waals surface area contributed by atoms with E-state index in [1.165, 1.54) is 0 Å². The van der Waals surface area contributed by atoms with Gasteiger partial charge in [0.05, 0.1) is 17.6 Å². The van der Waals surface area contributed by atoms with Crippen LogP contribution in [0.1, 0.15) is 80.4 Å². The lowest BCUT2D eigenvalue weighted by atomic mass is 9.52. The van der Waals surface area contributed by atoms with Gasteiger partial charge in [-0.2, -0.15) is 0 Å². The molecule has 0 bridgehead atoms. The summed E-state index contributed by atoms with van der Waals surface area (Å²) in [5.41, 5.74) is 5.43. The fourth-order valence-corrected chi connectivity index (χ4v) is 7.52. The number of nitrogens with zero attached hydrogens (tertiary/aromatic N) is 1. The topological polar surface area (TPSA) is 158 Å². The van der Waals surface area contributed by atoms with Crippen molar-refractivity contribution >= 4 is 23.3 Å². The molecule has 0 aromatic heterocycles. The molecule has 5 unspecified atom stereocenters. The number of carbonyl (C=O) groups is 4. The van der Waals surface area contributed by atoms with Crippen LogP contribution >= 0.6 is 0 Å². The average Bonchev–Trinajstić information content (AvgIpc) is 2.83. The fourth-order valence-electron chi connectivity index (χ4n) is 7.52. The Labute approximate surface area is 236 Å². The first-order chi connectivity index (χ1) is 18.6. The number of aliphatic hydroxyl groups excluding tert-OH is 1. The quantitative estimate of drug-likeness (QED) is 0.371. The molecule has 9 nitrogen and oxygen atoms in total. The van der Waals surface area contributed by atoms with Crippen LogP contribution in [0.25, 0.3) is 0 Å². The molecule has 0 saturated heterocycles. The van der Waals surface area contributed by atoms with Gasteiger partial charge in [0.25, 0.3) is 0 Å². The van der Waals surface area contributed by atoms with Gasteiger partial charge in [0.1, 0.15) is 11.7 Å². The highest BCUT2D eigenvalue weighted by Gasteiger charge is 2.69. The second kappa shape index (κ2) is 10.7. The molecule has 40 heavy (non-hydrogen) atoms. The van der Waals surface area contributed by atoms with Crippen molar-refractivity contribution in [1.82, 2.24) is 4.90 Å². The van der Waals surface area contributed by atoms with Crippen molar-refractivity contribution < 1.29 is 34.5 Å². The summed E-state index contributed by atoms with van der Waals surface area (Å²) in [5, 5.41) is 34.1. The van der Waals surface area contributed by atoms with E-state index in [2.05, 4.69) is 20.8 Å². The second-order valence-electron chi connectivity index (χ2n) is 13.5. The van der Waals surface area contributed by atoms with Crippen LogP contribution in [0.15, 0.2) is 6.07 Å². The average molecular weight is 557 g/mol. The van der Waals surface area contributed by atoms with E-state index in [1.807, 2.05) is 13.0 Å². The summed E-state index contributed by atoms with van der Waals surface area (Å²) in [6.45, 7) is 8.51. The number of hydrogen-bond donors (Lipinski definition) is 4. The molecule has 0 aliphatic heterocycles. The molecule has 2 fully saturated rings. The van der Waals surface area contributed by atoms with Crippen LogP contribution in [0.4, 0.5) is 0 Å². The van der Waals surface area contributed by atoms with Crippen LogP contribution < -0.4 is 5.73 Å². The molecule has 7 atom stereocenters. The van der Waals surface area contributed by atoms with Crippen molar-refractivity contribution in [3.63, 3.8) is 0 Å². The van der Waals surface area contributed by atoms with E-state index in [0.717, 1.165) is 36.8 Å². The fraction of sp³-hybridized carbons (Fsp3) is 0.677. The minimum atomic E-state index is -2.64. The van der Waals surface area contributed by atoms with E-state index in [9.17, 15) is 34.5 Å². The molecule has 0 heterocycles. The van der Waals surface area contributed by atoms with Gasteiger partial charge in [-0.3, -0.25) is 19.2 Å². The van der Waals surface area contributed by atoms with Gasteiger partial charge >= 0.3 is 0 Å². The molecule has 3 aliphatic rings. The molecule has 1 aromatic carbocycles. The van der Waals surface area contributed by atoms with Crippen LogP contribution in [0.2, 0.25) is 0 Å². The highest BCUT2D eigenvalue weighted by Crippen LogP contribution is 2.52. The SMILES string of the molecule is CCCc1cc(CCCC(C)(C)C)c2c(c1O)C(=O)C1C(=O)C3(O)C(=O)C(C(N)=O)C(O)C(N(C)C)[C@H]3C[C@H]1C2. The van der Waals surface area contributed by atoms with Gasteiger partial charge in [-0.05, 0) is 80.6 Å². The summed E-state index contributed by atoms with van der Waals surface area (Å²) >= 11 is 0. The maximum absolute atomic E-state index is 14.1. The van der Waals surface area contributed by atoms with Crippen LogP contribution in [-0.4, -0.2) is 75.3 Å². The summed E-state index contributed by atoms with van der Waals surface area (Å²) in [5.74, 6) is -8.63. The molecular formula is C31H44N2O7. The summed E-state index contributed by atoms with van der Waals surface area (Å²) in [7, 11) is 3.28. The Hall–Kier alpha value is -2.62. The van der Waals surface area contributed by atoms with Crippen LogP contribution in [0.5, 0.6) is 5.75 Å². The minimum absolute atomic E-state index is 0.118. The number of hydrogen-bond acceptors (Lipinski definition) is 8. The molecule has 5 N–H and O–H groups in total. The number of fused-ring (bicyclic) bond motifs is 3. The molecule has 2 saturated carbocycles. The number of phenols is 1. The van der Waals surface area contributed by atoms with Crippen molar-refractivity contribution in [2.24, 2.45) is 34.8 Å². The first kappa shape index (κ1) is 30.3. The van der Waals surface area contributed by atoms with Crippen molar-refractivity contribution in [2.45, 2.75) is 90.4 Å². The lowest BCUT2D eigenvalue weighted by Crippen LogP contribution is -2.75. The first-order valence-corrected chi connectivity index (χ1v) is 14.4. The maximum Gasteiger partial charge on any atom is 0.230 e. The first-order valence-electron chi connectivity index (χ1n) is 14.4. The molecule has 1 aromatic rings. The Balaban J connectivity index is 1.83. The summed E-state index contributed by atoms with van der Waals surface area (Å²) in [4.78, 5) is 55.4. The number of amides is 1. The number of benzene rings is 1. The van der Waals surface area contributed by atoms with E-state index >= 15 is 0 Å². The molecule has 220 valence electrons. The molecule has 0 radical (unpaired) electrons. The lowest BCUT2D eigenvalue weighted by Gasteiger charge is -2.55. The maximum atomic E-state index is 14.1. The predicted molar refractivity (Wildman–Crippen MR) is 149 cm³/mol. The zero-order chi connectivity index (χ0) is 29.9. The number of aliphatic hydroxyl groups is 2. The van der Waals surface area contributed by atoms with Crippen LogP contribution in [0.3, 0.4) is 0 Å². The number of carbonyl (C=O) groups excluding carboxylic acids is 4. The number of rotatable bonds is 7. The van der Waals surface area contributed by atoms with Gasteiger partial charge < -0.3 is 26.0 Å². The van der Waals surface area contributed by atoms with Gasteiger partial charge in [-0.1, -0.05) is 40.2 Å². The second-order valence-corrected chi connectivity index (χ2v) is 13.5. The third kappa shape index (κ3) is 4.80. The number of aryl methyl sites for hydroxylation is 2. The van der Waals surface area contributed by atoms with E-state index < -0.39 is 64.7 Å². The van der Waals surface area contributed by atoms with Crippen molar-refractivity contribution in [1.29, 1.82) is 0 Å². The Morgan fingerprint density at radius 1 is 1.12 bits per heavy atom. The van der Waals surface area contributed by atoms with Crippen molar-refractivity contribution in [3.05, 3.63) is 28.3 Å². The monoisotopic (exact) mass is 556 g/mol. The number of likely N-dealkylation sites (N-methyl/N-ethyl adjacent to an activating group) is 1. The third-order valence-electron chi connectivity index (χ3n) is 9.35. The Kier molecular flexibility index (Phi) is 8.08. The normalized spacial score (nSPS) is 32.1. The molecule has 1 amide bonds. The van der Waals surface area contributed by atoms with Crippen molar-refractivity contribution in [3.8, 4) is 5.75 Å². The standard InChI is InChI=1S/C31H44N2O7/c1-7-9-16-12-15(10-8-11-30(2,3)4)18-13-17-14-19-23(33(5)6)26(36)22(29(32)39)28(38)31(19,40)27(37)20(17)25(35)21(18)24(16)34/h12,17,19-20,22-23,26,34,36,40H,7-11,13-14H2,1-6H3,(H2,32,39)/t17-,19-,20?,22?,23?,26?,31?/m1/s1. The summed E-state index contributed by atoms with van der Waals surface area (Å²) < 4.78 is 0. The summed E-state index contributed by atoms with van der Waals surface area (Å²) in [6, 6.07) is 1.08. The summed E-state index contributed by atoms with van der Waals surface area (Å²) in [6.07, 6.45) is 2.86. The molecular weight excluding hydrogens is 512 g/mol. The Morgan fingerprint density at radius 2 is 1.77 bits per heavy atom. The van der Waals surface area contributed by atoms with Crippen LogP contribution in [-0.2, 0) is 33.6 Å². The van der Waals surface area contributed by atoms with Crippen molar-refractivity contribution in [2.75, 3.05) is 14.1 Å². The van der Waals surface area contributed by atoms with E-state index in [0.29, 0.717) is 18.4 Å². The van der Waals surface area contributed by atoms with Gasteiger partial charge in [-0.15, -0.1) is 0 Å².